The van der Waals surface area contributed by atoms with Crippen molar-refractivity contribution < 1.29 is 14.4 Å². The number of carbonyl (C=O) groups excluding carboxylic acids is 3. The van der Waals surface area contributed by atoms with E-state index in [0.717, 1.165) is 16.0 Å². The van der Waals surface area contributed by atoms with Crippen LogP contribution in [0.4, 0.5) is 0 Å². The third kappa shape index (κ3) is 5.46. The Bertz CT molecular complexity index is 1050. The fourth-order valence-corrected chi connectivity index (χ4v) is 3.00. The predicted molar refractivity (Wildman–Crippen MR) is 116 cm³/mol. The van der Waals surface area contributed by atoms with Crippen LogP contribution in [0.25, 0.3) is 6.08 Å². The molecule has 1 aliphatic rings. The van der Waals surface area contributed by atoms with Crippen LogP contribution in [-0.4, -0.2) is 35.1 Å². The van der Waals surface area contributed by atoms with Crippen LogP contribution < -0.4 is 10.6 Å². The van der Waals surface area contributed by atoms with Crippen molar-refractivity contribution in [3.8, 4) is 0 Å². The molecule has 0 bridgehead atoms. The first-order valence-corrected chi connectivity index (χ1v) is 9.74. The molecule has 2 N–H and O–H groups in total. The summed E-state index contributed by atoms with van der Waals surface area (Å²) < 4.78 is 0. The first-order chi connectivity index (χ1) is 14.3. The van der Waals surface area contributed by atoms with Crippen molar-refractivity contribution in [2.24, 2.45) is 4.99 Å². The number of aliphatic imine (C=N–C) groups is 1. The number of amides is 3. The second kappa shape index (κ2) is 9.56. The Labute approximate surface area is 183 Å². The van der Waals surface area contributed by atoms with Crippen LogP contribution in [0.5, 0.6) is 0 Å². The van der Waals surface area contributed by atoms with Gasteiger partial charge in [-0.25, -0.2) is 4.99 Å². The zero-order chi connectivity index (χ0) is 21.7. The third-order valence-corrected chi connectivity index (χ3v) is 4.85. The smallest absolute Gasteiger partial charge is 0.276 e. The molecule has 30 heavy (non-hydrogen) atoms. The van der Waals surface area contributed by atoms with Crippen molar-refractivity contribution in [2.75, 3.05) is 6.54 Å². The van der Waals surface area contributed by atoms with E-state index in [2.05, 4.69) is 15.6 Å². The molecule has 1 heterocycles. The van der Waals surface area contributed by atoms with Crippen LogP contribution in [-0.2, 0) is 20.9 Å². The molecule has 0 aliphatic carbocycles. The van der Waals surface area contributed by atoms with Gasteiger partial charge in [0, 0.05) is 23.5 Å². The molecule has 7 nitrogen and oxygen atoms in total. The molecule has 0 atom stereocenters. The van der Waals surface area contributed by atoms with Gasteiger partial charge < -0.3 is 5.32 Å². The average molecular weight is 445 g/mol. The summed E-state index contributed by atoms with van der Waals surface area (Å²) in [5.41, 5.74) is 1.60. The summed E-state index contributed by atoms with van der Waals surface area (Å²) in [6.45, 7) is 1.20. The average Bonchev–Trinajstić information content (AvgIpc) is 3.07. The van der Waals surface area contributed by atoms with E-state index in [4.69, 9.17) is 23.2 Å². The minimum Gasteiger partial charge on any atom is -0.350 e. The van der Waals surface area contributed by atoms with E-state index in [1.54, 1.807) is 48.5 Å². The van der Waals surface area contributed by atoms with E-state index in [1.807, 2.05) is 6.07 Å². The van der Waals surface area contributed by atoms with Gasteiger partial charge in [-0.05, 0) is 35.4 Å². The standard InChI is InChI=1S/C21H18Cl2N4O3/c1-13(28)27(12-19(29)24-11-15-4-2-3-5-17(15)23)21-25-18(20(30)26-21)10-14-6-8-16(22)9-7-14/h2-10H,11-12H2,1H3,(H,24,29)(H,25,26,30)/b18-10-. The van der Waals surface area contributed by atoms with Gasteiger partial charge in [0.15, 0.2) is 0 Å². The first-order valence-electron chi connectivity index (χ1n) is 8.99. The van der Waals surface area contributed by atoms with Crippen LogP contribution in [0.1, 0.15) is 18.1 Å². The maximum absolute atomic E-state index is 12.3. The zero-order valence-corrected chi connectivity index (χ0v) is 17.5. The van der Waals surface area contributed by atoms with Crippen molar-refractivity contribution in [3.63, 3.8) is 0 Å². The number of carbonyl (C=O) groups is 3. The summed E-state index contributed by atoms with van der Waals surface area (Å²) in [6.07, 6.45) is 1.56. The summed E-state index contributed by atoms with van der Waals surface area (Å²) in [5.74, 6) is -1.32. The Morgan fingerprint density at radius 3 is 2.50 bits per heavy atom. The molecule has 0 unspecified atom stereocenters. The van der Waals surface area contributed by atoms with E-state index in [-0.39, 0.29) is 24.7 Å². The number of hydrogen-bond donors (Lipinski definition) is 2. The Balaban J connectivity index is 1.70. The Morgan fingerprint density at radius 1 is 1.13 bits per heavy atom. The minimum atomic E-state index is -0.470. The van der Waals surface area contributed by atoms with Gasteiger partial charge in [0.05, 0.1) is 0 Å². The zero-order valence-electron chi connectivity index (χ0n) is 16.0. The summed E-state index contributed by atoms with van der Waals surface area (Å²) in [6, 6.07) is 14.0. The number of nitrogens with zero attached hydrogens (tertiary/aromatic N) is 2. The van der Waals surface area contributed by atoms with Crippen LogP contribution in [0.3, 0.4) is 0 Å². The molecular weight excluding hydrogens is 427 g/mol. The van der Waals surface area contributed by atoms with Crippen molar-refractivity contribution in [2.45, 2.75) is 13.5 Å². The van der Waals surface area contributed by atoms with Gasteiger partial charge in [0.1, 0.15) is 12.2 Å². The van der Waals surface area contributed by atoms with Crippen LogP contribution in [0.2, 0.25) is 10.0 Å². The molecule has 154 valence electrons. The number of rotatable bonds is 5. The maximum atomic E-state index is 12.3. The van der Waals surface area contributed by atoms with E-state index in [0.29, 0.717) is 10.0 Å². The lowest BCUT2D eigenvalue weighted by molar-refractivity contribution is -0.131. The Morgan fingerprint density at radius 2 is 1.83 bits per heavy atom. The molecule has 3 amide bonds. The topological polar surface area (TPSA) is 90.9 Å². The number of halogens is 2. The maximum Gasteiger partial charge on any atom is 0.276 e. The van der Waals surface area contributed by atoms with Crippen molar-refractivity contribution in [1.29, 1.82) is 0 Å². The quantitative estimate of drug-likeness (QED) is 0.694. The number of guanidine groups is 1. The molecule has 0 saturated heterocycles. The SMILES string of the molecule is CC(=O)N(CC(=O)NCc1ccccc1Cl)C1=N/C(=C\c2ccc(Cl)cc2)C(=O)N1. The van der Waals surface area contributed by atoms with Crippen molar-refractivity contribution in [3.05, 3.63) is 75.4 Å². The number of nitrogens with one attached hydrogen (secondary N) is 2. The van der Waals surface area contributed by atoms with Gasteiger partial charge in [-0.15, -0.1) is 0 Å². The highest BCUT2D eigenvalue weighted by Crippen LogP contribution is 2.16. The summed E-state index contributed by atoms with van der Waals surface area (Å²) in [5, 5.41) is 6.34. The lowest BCUT2D eigenvalue weighted by atomic mass is 10.2. The highest BCUT2D eigenvalue weighted by atomic mass is 35.5. The Hall–Kier alpha value is -3.16. The molecule has 0 aromatic heterocycles. The van der Waals surface area contributed by atoms with E-state index >= 15 is 0 Å². The molecule has 0 radical (unpaired) electrons. The second-order valence-electron chi connectivity index (χ2n) is 6.44. The van der Waals surface area contributed by atoms with E-state index in [1.165, 1.54) is 6.92 Å². The van der Waals surface area contributed by atoms with E-state index < -0.39 is 17.7 Å². The van der Waals surface area contributed by atoms with Gasteiger partial charge in [0.25, 0.3) is 5.91 Å². The van der Waals surface area contributed by atoms with Crippen LogP contribution in [0, 0.1) is 0 Å². The fraction of sp³-hybridized carbons (Fsp3) is 0.143. The summed E-state index contributed by atoms with van der Waals surface area (Å²) in [4.78, 5) is 41.9. The van der Waals surface area contributed by atoms with Crippen molar-refractivity contribution in [1.82, 2.24) is 15.5 Å². The van der Waals surface area contributed by atoms with E-state index in [9.17, 15) is 14.4 Å². The number of hydrogen-bond acceptors (Lipinski definition) is 4. The predicted octanol–water partition coefficient (Wildman–Crippen LogP) is 2.99. The molecule has 0 saturated carbocycles. The molecule has 1 aliphatic heterocycles. The monoisotopic (exact) mass is 444 g/mol. The minimum absolute atomic E-state index is 0.000562. The molecule has 3 rings (SSSR count). The van der Waals surface area contributed by atoms with Gasteiger partial charge in [-0.1, -0.05) is 53.5 Å². The highest BCUT2D eigenvalue weighted by Gasteiger charge is 2.28. The lowest BCUT2D eigenvalue weighted by Gasteiger charge is -2.19. The summed E-state index contributed by atoms with van der Waals surface area (Å²) >= 11 is 11.9. The van der Waals surface area contributed by atoms with Gasteiger partial charge >= 0.3 is 0 Å². The van der Waals surface area contributed by atoms with Gasteiger partial charge in [-0.2, -0.15) is 0 Å². The third-order valence-electron chi connectivity index (χ3n) is 4.23. The first kappa shape index (κ1) is 21.5. The molecule has 2 aromatic rings. The molecular formula is C21H18Cl2N4O3. The van der Waals surface area contributed by atoms with Gasteiger partial charge in [0.2, 0.25) is 17.8 Å². The number of benzene rings is 2. The summed E-state index contributed by atoms with van der Waals surface area (Å²) in [7, 11) is 0. The van der Waals surface area contributed by atoms with Crippen LogP contribution in [0.15, 0.2) is 59.2 Å². The molecule has 0 spiro atoms. The lowest BCUT2D eigenvalue weighted by Crippen LogP contribution is -2.47. The second-order valence-corrected chi connectivity index (χ2v) is 7.29. The highest BCUT2D eigenvalue weighted by molar-refractivity contribution is 6.31. The normalized spacial score (nSPS) is 14.3. The van der Waals surface area contributed by atoms with Crippen LogP contribution >= 0.6 is 23.2 Å². The Kier molecular flexibility index (Phi) is 6.87. The fourth-order valence-electron chi connectivity index (χ4n) is 2.67. The van der Waals surface area contributed by atoms with Gasteiger partial charge in [-0.3, -0.25) is 24.6 Å². The largest absolute Gasteiger partial charge is 0.350 e. The molecule has 0 fully saturated rings. The molecule has 2 aromatic carbocycles. The molecule has 9 heteroatoms. The van der Waals surface area contributed by atoms with Crippen molar-refractivity contribution >= 4 is 53.0 Å².